The molecule has 1 amide bonds. The van der Waals surface area contributed by atoms with Crippen LogP contribution in [0.4, 0.5) is 0 Å². The summed E-state index contributed by atoms with van der Waals surface area (Å²) in [6.45, 7) is 0.555. The molecule has 1 saturated heterocycles. The minimum absolute atomic E-state index is 0.175. The molecule has 0 radical (unpaired) electrons. The van der Waals surface area contributed by atoms with E-state index in [-0.39, 0.29) is 30.0 Å². The second kappa shape index (κ2) is 9.47. The van der Waals surface area contributed by atoms with Crippen LogP contribution in [0, 0.1) is 5.92 Å². The standard InChI is InChI=1S/C18H23NO6S/c1-23-15-10-13(26-3)4-5-14(15)18(22)25-11-16(20)19-8-6-12(7-9-19)17(21)24-2/h4-5,10,12H,6-9,11H2,1-3H3. The lowest BCUT2D eigenvalue weighted by atomic mass is 9.97. The fraction of sp³-hybridized carbons (Fsp3) is 0.500. The highest BCUT2D eigenvalue weighted by Gasteiger charge is 2.28. The first-order valence-corrected chi connectivity index (χ1v) is 9.47. The van der Waals surface area contributed by atoms with Crippen molar-refractivity contribution >= 4 is 29.6 Å². The fourth-order valence-electron chi connectivity index (χ4n) is 2.79. The third-order valence-electron chi connectivity index (χ3n) is 4.34. The minimum atomic E-state index is -0.604. The summed E-state index contributed by atoms with van der Waals surface area (Å²) in [4.78, 5) is 38.6. The summed E-state index contributed by atoms with van der Waals surface area (Å²) >= 11 is 1.53. The Kier molecular flexibility index (Phi) is 7.32. The molecule has 0 aliphatic carbocycles. The average Bonchev–Trinajstić information content (AvgIpc) is 2.70. The Morgan fingerprint density at radius 2 is 1.88 bits per heavy atom. The van der Waals surface area contributed by atoms with Crippen molar-refractivity contribution in [1.29, 1.82) is 0 Å². The van der Waals surface area contributed by atoms with Crippen LogP contribution in [0.3, 0.4) is 0 Å². The van der Waals surface area contributed by atoms with Gasteiger partial charge < -0.3 is 19.1 Å². The van der Waals surface area contributed by atoms with E-state index in [0.717, 1.165) is 4.90 Å². The predicted octanol–water partition coefficient (Wildman–Crippen LogP) is 1.99. The predicted molar refractivity (Wildman–Crippen MR) is 96.4 cm³/mol. The number of benzene rings is 1. The first-order chi connectivity index (χ1) is 12.5. The summed E-state index contributed by atoms with van der Waals surface area (Å²) in [6, 6.07) is 5.17. The van der Waals surface area contributed by atoms with E-state index in [1.54, 1.807) is 23.1 Å². The van der Waals surface area contributed by atoms with Crippen molar-refractivity contribution in [2.45, 2.75) is 17.7 Å². The number of piperidine rings is 1. The number of rotatable bonds is 6. The number of hydrogen-bond acceptors (Lipinski definition) is 7. The first-order valence-electron chi connectivity index (χ1n) is 8.25. The Morgan fingerprint density at radius 1 is 1.19 bits per heavy atom. The molecular weight excluding hydrogens is 358 g/mol. The number of nitrogens with zero attached hydrogens (tertiary/aromatic N) is 1. The molecule has 142 valence electrons. The van der Waals surface area contributed by atoms with Crippen LogP contribution < -0.4 is 4.74 Å². The van der Waals surface area contributed by atoms with Gasteiger partial charge in [0.2, 0.25) is 0 Å². The Morgan fingerprint density at radius 3 is 2.46 bits per heavy atom. The van der Waals surface area contributed by atoms with Crippen molar-refractivity contribution < 1.29 is 28.6 Å². The molecule has 1 aliphatic rings. The highest BCUT2D eigenvalue weighted by Crippen LogP contribution is 2.26. The van der Waals surface area contributed by atoms with Crippen LogP contribution in [0.5, 0.6) is 5.75 Å². The number of likely N-dealkylation sites (tertiary alicyclic amines) is 1. The van der Waals surface area contributed by atoms with E-state index in [2.05, 4.69) is 0 Å². The summed E-state index contributed by atoms with van der Waals surface area (Å²) in [7, 11) is 2.84. The van der Waals surface area contributed by atoms with Crippen molar-refractivity contribution in [1.82, 2.24) is 4.90 Å². The molecule has 2 rings (SSSR count). The Bertz CT molecular complexity index is 670. The highest BCUT2D eigenvalue weighted by molar-refractivity contribution is 7.98. The number of hydrogen-bond donors (Lipinski definition) is 0. The minimum Gasteiger partial charge on any atom is -0.496 e. The average molecular weight is 381 g/mol. The second-order valence-corrected chi connectivity index (χ2v) is 6.70. The number of thioether (sulfide) groups is 1. The van der Waals surface area contributed by atoms with Gasteiger partial charge >= 0.3 is 11.9 Å². The van der Waals surface area contributed by atoms with Gasteiger partial charge in [0.05, 0.1) is 20.1 Å². The fourth-order valence-corrected chi connectivity index (χ4v) is 3.22. The smallest absolute Gasteiger partial charge is 0.342 e. The van der Waals surface area contributed by atoms with Crippen molar-refractivity contribution in [2.24, 2.45) is 5.92 Å². The molecule has 0 aromatic heterocycles. The molecule has 1 fully saturated rings. The molecule has 0 spiro atoms. The molecule has 7 nitrogen and oxygen atoms in total. The van der Waals surface area contributed by atoms with Gasteiger partial charge in [-0.2, -0.15) is 0 Å². The molecule has 1 aromatic rings. The third-order valence-corrected chi connectivity index (χ3v) is 5.06. The second-order valence-electron chi connectivity index (χ2n) is 5.82. The van der Waals surface area contributed by atoms with E-state index < -0.39 is 5.97 Å². The van der Waals surface area contributed by atoms with E-state index in [1.165, 1.54) is 26.0 Å². The van der Waals surface area contributed by atoms with Crippen LogP contribution in [0.25, 0.3) is 0 Å². The largest absolute Gasteiger partial charge is 0.496 e. The lowest BCUT2D eigenvalue weighted by molar-refractivity contribution is -0.149. The van der Waals surface area contributed by atoms with Crippen LogP contribution >= 0.6 is 11.8 Å². The summed E-state index contributed by atoms with van der Waals surface area (Å²) in [6.07, 6.45) is 3.03. The summed E-state index contributed by atoms with van der Waals surface area (Å²) in [5, 5.41) is 0. The van der Waals surface area contributed by atoms with Gasteiger partial charge in [-0.25, -0.2) is 4.79 Å². The van der Waals surface area contributed by atoms with Crippen LogP contribution in [-0.4, -0.2) is 62.9 Å². The zero-order chi connectivity index (χ0) is 19.1. The third kappa shape index (κ3) is 4.91. The van der Waals surface area contributed by atoms with Gasteiger partial charge in [0.25, 0.3) is 5.91 Å². The zero-order valence-electron chi connectivity index (χ0n) is 15.1. The normalized spacial score (nSPS) is 14.7. The van der Waals surface area contributed by atoms with Gasteiger partial charge in [-0.1, -0.05) is 0 Å². The maximum atomic E-state index is 12.3. The summed E-state index contributed by atoms with van der Waals surface area (Å²) in [5.74, 6) is -0.892. The van der Waals surface area contributed by atoms with Crippen LogP contribution in [-0.2, 0) is 19.1 Å². The molecule has 0 unspecified atom stereocenters. The SMILES string of the molecule is COC(=O)C1CCN(C(=O)COC(=O)c2ccc(SC)cc2OC)CC1. The highest BCUT2D eigenvalue weighted by atomic mass is 32.2. The summed E-state index contributed by atoms with van der Waals surface area (Å²) < 4.78 is 15.1. The van der Waals surface area contributed by atoms with Gasteiger partial charge in [-0.15, -0.1) is 11.8 Å². The van der Waals surface area contributed by atoms with E-state index in [0.29, 0.717) is 31.7 Å². The van der Waals surface area contributed by atoms with Crippen LogP contribution in [0.2, 0.25) is 0 Å². The molecule has 8 heteroatoms. The van der Waals surface area contributed by atoms with Crippen molar-refractivity contribution in [3.05, 3.63) is 23.8 Å². The Labute approximate surface area is 157 Å². The molecule has 0 N–H and O–H groups in total. The Balaban J connectivity index is 1.88. The molecular formula is C18H23NO6S. The lowest BCUT2D eigenvalue weighted by Crippen LogP contribution is -2.42. The number of ether oxygens (including phenoxy) is 3. The number of methoxy groups -OCH3 is 2. The summed E-state index contributed by atoms with van der Waals surface area (Å²) in [5.41, 5.74) is 0.280. The molecule has 1 aliphatic heterocycles. The van der Waals surface area contributed by atoms with Gasteiger partial charge in [-0.05, 0) is 37.3 Å². The van der Waals surface area contributed by atoms with E-state index in [1.807, 2.05) is 6.26 Å². The molecule has 26 heavy (non-hydrogen) atoms. The number of esters is 2. The van der Waals surface area contributed by atoms with Gasteiger partial charge in [-0.3, -0.25) is 9.59 Å². The zero-order valence-corrected chi connectivity index (χ0v) is 16.0. The number of amides is 1. The molecule has 0 bridgehead atoms. The van der Waals surface area contributed by atoms with Gasteiger partial charge in [0.1, 0.15) is 11.3 Å². The topological polar surface area (TPSA) is 82.1 Å². The van der Waals surface area contributed by atoms with Gasteiger partial charge in [0.15, 0.2) is 6.61 Å². The maximum Gasteiger partial charge on any atom is 0.342 e. The molecule has 0 saturated carbocycles. The van der Waals surface area contributed by atoms with Crippen molar-refractivity contribution in [3.8, 4) is 5.75 Å². The number of carbonyl (C=O) groups is 3. The number of carbonyl (C=O) groups excluding carboxylic acids is 3. The van der Waals surface area contributed by atoms with Crippen molar-refractivity contribution in [2.75, 3.05) is 40.2 Å². The first kappa shape index (κ1) is 20.1. The quantitative estimate of drug-likeness (QED) is 0.550. The van der Waals surface area contributed by atoms with E-state index >= 15 is 0 Å². The molecule has 0 atom stereocenters. The lowest BCUT2D eigenvalue weighted by Gasteiger charge is -2.30. The van der Waals surface area contributed by atoms with Crippen molar-refractivity contribution in [3.63, 3.8) is 0 Å². The van der Waals surface area contributed by atoms with Gasteiger partial charge in [0, 0.05) is 18.0 Å². The van der Waals surface area contributed by atoms with E-state index in [4.69, 9.17) is 14.2 Å². The Hall–Kier alpha value is -2.22. The maximum absolute atomic E-state index is 12.3. The molecule has 1 aromatic carbocycles. The van der Waals surface area contributed by atoms with Crippen LogP contribution in [0.1, 0.15) is 23.2 Å². The monoisotopic (exact) mass is 381 g/mol. The molecule has 1 heterocycles. The van der Waals surface area contributed by atoms with E-state index in [9.17, 15) is 14.4 Å². The van der Waals surface area contributed by atoms with Crippen LogP contribution in [0.15, 0.2) is 23.1 Å².